The van der Waals surface area contributed by atoms with Crippen molar-refractivity contribution in [3.8, 4) is 5.75 Å². The maximum atomic E-state index is 10.4. The number of furan rings is 1. The Morgan fingerprint density at radius 3 is 2.68 bits per heavy atom. The Morgan fingerprint density at radius 1 is 1.21 bits per heavy atom. The summed E-state index contributed by atoms with van der Waals surface area (Å²) >= 11 is 0. The van der Waals surface area contributed by atoms with E-state index in [1.165, 1.54) is 6.07 Å². The lowest BCUT2D eigenvalue weighted by molar-refractivity contribution is -0.402. The van der Waals surface area contributed by atoms with Crippen LogP contribution in [-0.2, 0) is 6.54 Å². The smallest absolute Gasteiger partial charge is 0.433 e. The van der Waals surface area contributed by atoms with Crippen LogP contribution < -0.4 is 10.1 Å². The molecule has 0 aliphatic carbocycles. The van der Waals surface area contributed by atoms with Crippen molar-refractivity contribution < 1.29 is 14.1 Å². The molecule has 19 heavy (non-hydrogen) atoms. The van der Waals surface area contributed by atoms with Gasteiger partial charge in [0.2, 0.25) is 0 Å². The molecule has 0 unspecified atom stereocenters. The van der Waals surface area contributed by atoms with E-state index in [0.717, 1.165) is 5.75 Å². The summed E-state index contributed by atoms with van der Waals surface area (Å²) in [5, 5.41) is 13.5. The zero-order chi connectivity index (χ0) is 13.5. The van der Waals surface area contributed by atoms with Gasteiger partial charge >= 0.3 is 5.88 Å². The van der Waals surface area contributed by atoms with Crippen LogP contribution in [0.3, 0.4) is 0 Å². The molecular weight excluding hydrogens is 248 g/mol. The molecule has 0 spiro atoms. The average molecular weight is 262 g/mol. The first-order valence-corrected chi connectivity index (χ1v) is 5.87. The minimum absolute atomic E-state index is 0.239. The Morgan fingerprint density at radius 2 is 2.00 bits per heavy atom. The lowest BCUT2D eigenvalue weighted by Gasteiger charge is -2.06. The Labute approximate surface area is 110 Å². The van der Waals surface area contributed by atoms with E-state index in [1.807, 2.05) is 30.3 Å². The van der Waals surface area contributed by atoms with Gasteiger partial charge in [0.15, 0.2) is 0 Å². The SMILES string of the molecule is O=[N+]([O-])c1ccc(CNCCOc2ccccc2)o1. The molecule has 0 bridgehead atoms. The van der Waals surface area contributed by atoms with Crippen molar-refractivity contribution in [2.45, 2.75) is 6.54 Å². The van der Waals surface area contributed by atoms with Crippen LogP contribution in [0, 0.1) is 10.1 Å². The van der Waals surface area contributed by atoms with E-state index in [1.54, 1.807) is 6.07 Å². The van der Waals surface area contributed by atoms with Crippen LogP contribution in [-0.4, -0.2) is 18.1 Å². The second kappa shape index (κ2) is 6.55. The molecule has 1 aromatic heterocycles. The van der Waals surface area contributed by atoms with Crippen molar-refractivity contribution in [1.29, 1.82) is 0 Å². The van der Waals surface area contributed by atoms with Crippen molar-refractivity contribution in [1.82, 2.24) is 5.32 Å². The second-order valence-electron chi connectivity index (χ2n) is 3.84. The van der Waals surface area contributed by atoms with Gasteiger partial charge in [-0.2, -0.15) is 0 Å². The Balaban J connectivity index is 1.65. The molecule has 0 atom stereocenters. The molecule has 0 saturated carbocycles. The number of hydrogen-bond donors (Lipinski definition) is 1. The molecular formula is C13H14N2O4. The first kappa shape index (κ1) is 13.1. The summed E-state index contributed by atoms with van der Waals surface area (Å²) in [4.78, 5) is 9.87. The number of rotatable bonds is 7. The minimum Gasteiger partial charge on any atom is -0.492 e. The van der Waals surface area contributed by atoms with Crippen molar-refractivity contribution in [2.75, 3.05) is 13.2 Å². The van der Waals surface area contributed by atoms with E-state index < -0.39 is 4.92 Å². The van der Waals surface area contributed by atoms with Crippen molar-refractivity contribution in [2.24, 2.45) is 0 Å². The summed E-state index contributed by atoms with van der Waals surface area (Å²) in [7, 11) is 0. The van der Waals surface area contributed by atoms with Crippen molar-refractivity contribution >= 4 is 5.88 Å². The normalized spacial score (nSPS) is 10.3. The van der Waals surface area contributed by atoms with E-state index >= 15 is 0 Å². The highest BCUT2D eigenvalue weighted by molar-refractivity contribution is 5.20. The number of nitrogens with zero attached hydrogens (tertiary/aromatic N) is 1. The van der Waals surface area contributed by atoms with Crippen LogP contribution in [0.5, 0.6) is 5.75 Å². The summed E-state index contributed by atoms with van der Waals surface area (Å²) in [5.74, 6) is 1.11. The monoisotopic (exact) mass is 262 g/mol. The zero-order valence-corrected chi connectivity index (χ0v) is 10.2. The van der Waals surface area contributed by atoms with Gasteiger partial charge in [0.1, 0.15) is 23.0 Å². The molecule has 2 rings (SSSR count). The lowest BCUT2D eigenvalue weighted by atomic mass is 10.3. The molecule has 0 aliphatic heterocycles. The predicted octanol–water partition coefficient (Wildman–Crippen LogP) is 2.36. The van der Waals surface area contributed by atoms with Gasteiger partial charge in [-0.25, -0.2) is 0 Å². The molecule has 0 aliphatic rings. The van der Waals surface area contributed by atoms with Crippen LogP contribution in [0.1, 0.15) is 5.76 Å². The van der Waals surface area contributed by atoms with Gasteiger partial charge in [-0.3, -0.25) is 10.1 Å². The molecule has 100 valence electrons. The molecule has 0 fully saturated rings. The van der Waals surface area contributed by atoms with Crippen molar-refractivity contribution in [3.63, 3.8) is 0 Å². The molecule has 0 amide bonds. The number of ether oxygens (including phenoxy) is 1. The molecule has 1 heterocycles. The van der Waals surface area contributed by atoms with E-state index in [9.17, 15) is 10.1 Å². The first-order valence-electron chi connectivity index (χ1n) is 5.87. The average Bonchev–Trinajstić information content (AvgIpc) is 2.89. The Hall–Kier alpha value is -2.34. The summed E-state index contributed by atoms with van der Waals surface area (Å²) in [6.07, 6.45) is 0. The standard InChI is InChI=1S/C13H14N2O4/c16-15(17)13-7-6-12(19-13)10-14-8-9-18-11-4-2-1-3-5-11/h1-7,14H,8-10H2. The number of benzene rings is 1. The quantitative estimate of drug-likeness (QED) is 0.471. The summed E-state index contributed by atoms with van der Waals surface area (Å²) in [5.41, 5.74) is 0. The molecule has 0 saturated heterocycles. The largest absolute Gasteiger partial charge is 0.492 e. The first-order chi connectivity index (χ1) is 9.25. The number of nitrogens with one attached hydrogen (secondary N) is 1. The lowest BCUT2D eigenvalue weighted by Crippen LogP contribution is -2.20. The third-order valence-corrected chi connectivity index (χ3v) is 2.42. The Kier molecular flexibility index (Phi) is 4.52. The van der Waals surface area contributed by atoms with Gasteiger partial charge in [-0.15, -0.1) is 0 Å². The second-order valence-corrected chi connectivity index (χ2v) is 3.84. The Bertz CT molecular complexity index is 524. The van der Waals surface area contributed by atoms with Crippen LogP contribution in [0.15, 0.2) is 46.9 Å². The molecule has 1 aromatic carbocycles. The van der Waals surface area contributed by atoms with E-state index in [-0.39, 0.29) is 5.88 Å². The predicted molar refractivity (Wildman–Crippen MR) is 69.0 cm³/mol. The van der Waals surface area contributed by atoms with Crippen LogP contribution in [0.4, 0.5) is 5.88 Å². The number of para-hydroxylation sites is 1. The fourth-order valence-corrected chi connectivity index (χ4v) is 1.53. The molecule has 1 N–H and O–H groups in total. The maximum Gasteiger partial charge on any atom is 0.433 e. The fraction of sp³-hybridized carbons (Fsp3) is 0.231. The molecule has 6 heteroatoms. The third-order valence-electron chi connectivity index (χ3n) is 2.42. The highest BCUT2D eigenvalue weighted by Crippen LogP contribution is 2.15. The minimum atomic E-state index is -0.554. The molecule has 2 aromatic rings. The fourth-order valence-electron chi connectivity index (χ4n) is 1.53. The highest BCUT2D eigenvalue weighted by Gasteiger charge is 2.10. The van der Waals surface area contributed by atoms with Crippen molar-refractivity contribution in [3.05, 3.63) is 58.3 Å². The topological polar surface area (TPSA) is 77.5 Å². The van der Waals surface area contributed by atoms with Crippen LogP contribution in [0.2, 0.25) is 0 Å². The number of hydrogen-bond acceptors (Lipinski definition) is 5. The third kappa shape index (κ3) is 4.11. The molecule has 0 radical (unpaired) electrons. The summed E-state index contributed by atoms with van der Waals surface area (Å²) in [6, 6.07) is 12.4. The van der Waals surface area contributed by atoms with Gasteiger partial charge in [0, 0.05) is 6.54 Å². The van der Waals surface area contributed by atoms with E-state index in [4.69, 9.17) is 9.15 Å². The van der Waals surface area contributed by atoms with Gasteiger partial charge in [-0.1, -0.05) is 18.2 Å². The zero-order valence-electron chi connectivity index (χ0n) is 10.2. The highest BCUT2D eigenvalue weighted by atomic mass is 16.6. The number of nitro groups is 1. The van der Waals surface area contributed by atoms with Gasteiger partial charge in [0.25, 0.3) is 0 Å². The van der Waals surface area contributed by atoms with Gasteiger partial charge in [-0.05, 0) is 18.2 Å². The summed E-state index contributed by atoms with van der Waals surface area (Å²) in [6.45, 7) is 1.59. The van der Waals surface area contributed by atoms with Gasteiger partial charge < -0.3 is 14.5 Å². The van der Waals surface area contributed by atoms with Crippen LogP contribution >= 0.6 is 0 Å². The molecule has 6 nitrogen and oxygen atoms in total. The van der Waals surface area contributed by atoms with E-state index in [2.05, 4.69) is 5.32 Å². The maximum absolute atomic E-state index is 10.4. The summed E-state index contributed by atoms with van der Waals surface area (Å²) < 4.78 is 10.5. The van der Waals surface area contributed by atoms with Crippen LogP contribution in [0.25, 0.3) is 0 Å². The van der Waals surface area contributed by atoms with E-state index in [0.29, 0.717) is 25.5 Å². The van der Waals surface area contributed by atoms with Gasteiger partial charge in [0.05, 0.1) is 12.6 Å².